The first kappa shape index (κ1) is 12.1. The highest BCUT2D eigenvalue weighted by molar-refractivity contribution is 9.11. The fraction of sp³-hybridized carbons (Fsp3) is 0.300. The summed E-state index contributed by atoms with van der Waals surface area (Å²) in [6.45, 7) is 2.78. The molecule has 0 aromatic carbocycles. The summed E-state index contributed by atoms with van der Waals surface area (Å²) in [5.41, 5.74) is 8.11. The van der Waals surface area contributed by atoms with E-state index in [0.29, 0.717) is 5.02 Å². The number of hydrogen-bond acceptors (Lipinski definition) is 3. The molecule has 0 radical (unpaired) electrons. The molecule has 1 unspecified atom stereocenters. The van der Waals surface area contributed by atoms with Crippen molar-refractivity contribution in [3.05, 3.63) is 37.7 Å². The Labute approximate surface area is 111 Å². The lowest BCUT2D eigenvalue weighted by Gasteiger charge is -2.12. The molecule has 0 fully saturated rings. The maximum Gasteiger partial charge on any atom is 0.0837 e. The quantitative estimate of drug-likeness (QED) is 0.941. The van der Waals surface area contributed by atoms with Crippen molar-refractivity contribution in [1.82, 2.24) is 9.78 Å². The average molecular weight is 321 g/mol. The number of nitrogens with zero attached hydrogens (tertiary/aromatic N) is 2. The molecule has 0 aliphatic rings. The van der Waals surface area contributed by atoms with Crippen molar-refractivity contribution < 1.29 is 0 Å². The third-order valence-electron chi connectivity index (χ3n) is 2.37. The van der Waals surface area contributed by atoms with Crippen molar-refractivity contribution >= 4 is 38.9 Å². The second kappa shape index (κ2) is 4.87. The second-order valence-electron chi connectivity index (χ2n) is 3.36. The summed E-state index contributed by atoms with van der Waals surface area (Å²) in [6, 6.07) is 1.79. The SMILES string of the molecule is CCn1ncc(Cl)c1C(N)c1csc(Br)c1. The van der Waals surface area contributed by atoms with Crippen LogP contribution in [0, 0.1) is 0 Å². The van der Waals surface area contributed by atoms with E-state index in [0.717, 1.165) is 21.6 Å². The van der Waals surface area contributed by atoms with Gasteiger partial charge in [0.25, 0.3) is 0 Å². The number of rotatable bonds is 3. The number of thiophene rings is 1. The van der Waals surface area contributed by atoms with Crippen molar-refractivity contribution in [2.75, 3.05) is 0 Å². The zero-order valence-electron chi connectivity index (χ0n) is 8.65. The van der Waals surface area contributed by atoms with Gasteiger partial charge in [-0.25, -0.2) is 0 Å². The van der Waals surface area contributed by atoms with Gasteiger partial charge in [-0.05, 0) is 39.9 Å². The Morgan fingerprint density at radius 3 is 3.00 bits per heavy atom. The summed E-state index contributed by atoms with van der Waals surface area (Å²) in [5.74, 6) is 0. The average Bonchev–Trinajstić information content (AvgIpc) is 2.83. The smallest absolute Gasteiger partial charge is 0.0837 e. The minimum absolute atomic E-state index is 0.225. The number of aromatic nitrogens is 2. The summed E-state index contributed by atoms with van der Waals surface area (Å²) in [6.07, 6.45) is 1.64. The highest BCUT2D eigenvalue weighted by atomic mass is 79.9. The fourth-order valence-electron chi connectivity index (χ4n) is 1.58. The number of hydrogen-bond donors (Lipinski definition) is 1. The van der Waals surface area contributed by atoms with E-state index in [1.807, 2.05) is 23.1 Å². The van der Waals surface area contributed by atoms with E-state index in [4.69, 9.17) is 17.3 Å². The van der Waals surface area contributed by atoms with Gasteiger partial charge in [0.05, 0.1) is 26.7 Å². The van der Waals surface area contributed by atoms with Gasteiger partial charge in [0.1, 0.15) is 0 Å². The molecule has 16 heavy (non-hydrogen) atoms. The van der Waals surface area contributed by atoms with E-state index in [9.17, 15) is 0 Å². The van der Waals surface area contributed by atoms with Crippen LogP contribution in [0.4, 0.5) is 0 Å². The molecule has 0 saturated heterocycles. The van der Waals surface area contributed by atoms with Crippen molar-refractivity contribution in [3.8, 4) is 0 Å². The summed E-state index contributed by atoms with van der Waals surface area (Å²) in [4.78, 5) is 0. The van der Waals surface area contributed by atoms with Crippen LogP contribution in [0.1, 0.15) is 24.2 Å². The second-order valence-corrected chi connectivity index (χ2v) is 6.05. The lowest BCUT2D eigenvalue weighted by molar-refractivity contribution is 0.601. The van der Waals surface area contributed by atoms with Crippen LogP contribution >= 0.6 is 38.9 Å². The van der Waals surface area contributed by atoms with Crippen LogP contribution in [0.3, 0.4) is 0 Å². The third kappa shape index (κ3) is 2.18. The summed E-state index contributed by atoms with van der Waals surface area (Å²) < 4.78 is 2.90. The van der Waals surface area contributed by atoms with Gasteiger partial charge in [-0.2, -0.15) is 5.10 Å². The molecule has 0 saturated carbocycles. The van der Waals surface area contributed by atoms with E-state index >= 15 is 0 Å². The monoisotopic (exact) mass is 319 g/mol. The van der Waals surface area contributed by atoms with E-state index < -0.39 is 0 Å². The number of nitrogens with two attached hydrogens (primary N) is 1. The highest BCUT2D eigenvalue weighted by Crippen LogP contribution is 2.30. The van der Waals surface area contributed by atoms with Gasteiger partial charge >= 0.3 is 0 Å². The molecule has 0 aliphatic heterocycles. The molecule has 2 aromatic heterocycles. The summed E-state index contributed by atoms with van der Waals surface area (Å²) in [5, 5.41) is 6.83. The Morgan fingerprint density at radius 1 is 1.69 bits per heavy atom. The van der Waals surface area contributed by atoms with Gasteiger partial charge in [-0.15, -0.1) is 11.3 Å². The van der Waals surface area contributed by atoms with Gasteiger partial charge in [0.15, 0.2) is 0 Å². The topological polar surface area (TPSA) is 43.8 Å². The van der Waals surface area contributed by atoms with Gasteiger partial charge in [-0.3, -0.25) is 4.68 Å². The van der Waals surface area contributed by atoms with Crippen LogP contribution in [0.15, 0.2) is 21.4 Å². The Morgan fingerprint density at radius 2 is 2.44 bits per heavy atom. The van der Waals surface area contributed by atoms with E-state index in [1.165, 1.54) is 0 Å². The minimum Gasteiger partial charge on any atom is -0.319 e. The maximum atomic E-state index is 6.19. The van der Waals surface area contributed by atoms with Crippen LogP contribution in [0.2, 0.25) is 5.02 Å². The molecular weight excluding hydrogens is 310 g/mol. The third-order valence-corrected chi connectivity index (χ3v) is 4.19. The van der Waals surface area contributed by atoms with Gasteiger partial charge in [0, 0.05) is 6.54 Å². The molecular formula is C10H11BrClN3S. The summed E-state index contributed by atoms with van der Waals surface area (Å²) in [7, 11) is 0. The van der Waals surface area contributed by atoms with E-state index in [-0.39, 0.29) is 6.04 Å². The Bertz CT molecular complexity index is 494. The van der Waals surface area contributed by atoms with E-state index in [1.54, 1.807) is 17.5 Å². The fourth-order valence-corrected chi connectivity index (χ4v) is 3.05. The molecule has 86 valence electrons. The van der Waals surface area contributed by atoms with Crippen LogP contribution in [0.5, 0.6) is 0 Å². The first-order valence-corrected chi connectivity index (χ1v) is 6.89. The molecule has 2 rings (SSSR count). The molecule has 6 heteroatoms. The Kier molecular flexibility index (Phi) is 3.69. The highest BCUT2D eigenvalue weighted by Gasteiger charge is 2.18. The Hall–Kier alpha value is -0.360. The first-order valence-electron chi connectivity index (χ1n) is 4.84. The van der Waals surface area contributed by atoms with Crippen molar-refractivity contribution in [3.63, 3.8) is 0 Å². The molecule has 0 amide bonds. The van der Waals surface area contributed by atoms with Crippen molar-refractivity contribution in [2.24, 2.45) is 5.73 Å². The van der Waals surface area contributed by atoms with Crippen molar-refractivity contribution in [1.29, 1.82) is 0 Å². The lowest BCUT2D eigenvalue weighted by Crippen LogP contribution is -2.17. The van der Waals surface area contributed by atoms with Crippen LogP contribution in [-0.4, -0.2) is 9.78 Å². The first-order chi connectivity index (χ1) is 7.63. The molecule has 2 N–H and O–H groups in total. The van der Waals surface area contributed by atoms with Gasteiger partial charge in [0.2, 0.25) is 0 Å². The van der Waals surface area contributed by atoms with Crippen LogP contribution in [0.25, 0.3) is 0 Å². The largest absolute Gasteiger partial charge is 0.319 e. The molecule has 0 bridgehead atoms. The predicted molar refractivity (Wildman–Crippen MR) is 71.0 cm³/mol. The number of aryl methyl sites for hydroxylation is 1. The molecule has 3 nitrogen and oxygen atoms in total. The predicted octanol–water partition coefficient (Wildman–Crippen LogP) is 3.43. The molecule has 0 aliphatic carbocycles. The Balaban J connectivity index is 2.40. The van der Waals surface area contributed by atoms with Gasteiger partial charge in [-0.1, -0.05) is 11.6 Å². The molecule has 1 atom stereocenters. The zero-order valence-corrected chi connectivity index (χ0v) is 11.8. The molecule has 2 aromatic rings. The maximum absolute atomic E-state index is 6.19. The molecule has 0 spiro atoms. The number of halogens is 2. The summed E-state index contributed by atoms with van der Waals surface area (Å²) >= 11 is 11.1. The standard InChI is InChI=1S/C10H11BrClN3S/c1-2-15-10(7(12)4-14-15)9(13)6-3-8(11)16-5-6/h3-5,9H,2,13H2,1H3. The zero-order chi connectivity index (χ0) is 11.7. The molecule has 2 heterocycles. The minimum atomic E-state index is -0.225. The van der Waals surface area contributed by atoms with Gasteiger partial charge < -0.3 is 5.73 Å². The lowest BCUT2D eigenvalue weighted by atomic mass is 10.1. The van der Waals surface area contributed by atoms with Crippen LogP contribution in [-0.2, 0) is 6.54 Å². The normalized spacial score (nSPS) is 13.0. The van der Waals surface area contributed by atoms with Crippen LogP contribution < -0.4 is 5.73 Å². The van der Waals surface area contributed by atoms with E-state index in [2.05, 4.69) is 21.0 Å². The van der Waals surface area contributed by atoms with Crippen molar-refractivity contribution in [2.45, 2.75) is 19.5 Å².